The number of nitrogens with one attached hydrogen (secondary N) is 1. The maximum Gasteiger partial charge on any atom is 0.234 e. The number of ketones is 1. The SMILES string of the molecule is N#Cc1ccc(C23CC4CC(CC(C4)C2)C3)nc1SCC(=O)Nc1ccccc1C(=O)c1ccccc1. The molecular weight excluding hydrogens is 478 g/mol. The van der Waals surface area contributed by atoms with Gasteiger partial charge in [-0.3, -0.25) is 9.59 Å². The van der Waals surface area contributed by atoms with Crippen LogP contribution in [0.1, 0.15) is 65.7 Å². The van der Waals surface area contributed by atoms with Crippen molar-refractivity contribution in [3.8, 4) is 6.07 Å². The highest BCUT2D eigenvalue weighted by Crippen LogP contribution is 2.60. The van der Waals surface area contributed by atoms with Gasteiger partial charge in [0.25, 0.3) is 0 Å². The second kappa shape index (κ2) is 9.79. The number of thioether (sulfide) groups is 1. The van der Waals surface area contributed by atoms with Crippen molar-refractivity contribution in [2.45, 2.75) is 49.0 Å². The number of nitriles is 1. The van der Waals surface area contributed by atoms with Crippen molar-refractivity contribution in [2.24, 2.45) is 17.8 Å². The molecule has 4 aliphatic carbocycles. The molecule has 4 saturated carbocycles. The molecule has 4 aliphatic rings. The van der Waals surface area contributed by atoms with Crippen LogP contribution in [0.5, 0.6) is 0 Å². The molecule has 7 rings (SSSR count). The summed E-state index contributed by atoms with van der Waals surface area (Å²) in [6.45, 7) is 0. The van der Waals surface area contributed by atoms with Crippen molar-refractivity contribution in [3.63, 3.8) is 0 Å². The molecule has 3 aromatic rings. The molecule has 186 valence electrons. The zero-order chi connectivity index (χ0) is 25.4. The van der Waals surface area contributed by atoms with Gasteiger partial charge in [0.2, 0.25) is 5.91 Å². The summed E-state index contributed by atoms with van der Waals surface area (Å²) < 4.78 is 0. The summed E-state index contributed by atoms with van der Waals surface area (Å²) in [6.07, 6.45) is 7.71. The number of carbonyl (C=O) groups excluding carboxylic acids is 2. The Morgan fingerprint density at radius 3 is 2.24 bits per heavy atom. The predicted molar refractivity (Wildman–Crippen MR) is 144 cm³/mol. The smallest absolute Gasteiger partial charge is 0.234 e. The number of nitrogens with zero attached hydrogens (tertiary/aromatic N) is 2. The maximum absolute atomic E-state index is 13.0. The van der Waals surface area contributed by atoms with Gasteiger partial charge in [-0.1, -0.05) is 54.2 Å². The second-order valence-electron chi connectivity index (χ2n) is 10.9. The Kier molecular flexibility index (Phi) is 6.34. The summed E-state index contributed by atoms with van der Waals surface area (Å²) in [5.41, 5.74) is 3.25. The van der Waals surface area contributed by atoms with E-state index in [-0.39, 0.29) is 22.9 Å². The Labute approximate surface area is 221 Å². The molecule has 0 saturated heterocycles. The summed E-state index contributed by atoms with van der Waals surface area (Å²) >= 11 is 1.30. The van der Waals surface area contributed by atoms with Crippen LogP contribution in [0.15, 0.2) is 71.8 Å². The molecule has 4 fully saturated rings. The van der Waals surface area contributed by atoms with E-state index in [9.17, 15) is 14.9 Å². The standard InChI is InChI=1S/C31H29N3O2S/c32-18-24-10-11-27(31-15-20-12-21(16-31)14-22(13-20)17-31)34-30(24)37-19-28(35)33-26-9-5-4-8-25(26)29(36)23-6-2-1-3-7-23/h1-11,20-22H,12-17,19H2,(H,33,35). The Balaban J connectivity index is 1.18. The first kappa shape index (κ1) is 23.9. The first-order chi connectivity index (χ1) is 18.0. The van der Waals surface area contributed by atoms with E-state index in [1.54, 1.807) is 36.4 Å². The molecule has 1 heterocycles. The van der Waals surface area contributed by atoms with E-state index >= 15 is 0 Å². The van der Waals surface area contributed by atoms with Crippen molar-refractivity contribution in [2.75, 3.05) is 11.1 Å². The number of amides is 1. The van der Waals surface area contributed by atoms with Crippen LogP contribution in [0.25, 0.3) is 0 Å². The maximum atomic E-state index is 13.0. The van der Waals surface area contributed by atoms with E-state index in [4.69, 9.17) is 4.98 Å². The summed E-state index contributed by atoms with van der Waals surface area (Å²) in [5, 5.41) is 13.2. The number of para-hydroxylation sites is 1. The number of carbonyl (C=O) groups is 2. The zero-order valence-electron chi connectivity index (χ0n) is 20.7. The lowest BCUT2D eigenvalue weighted by atomic mass is 9.49. The van der Waals surface area contributed by atoms with Crippen molar-refractivity contribution in [1.82, 2.24) is 4.98 Å². The molecule has 1 aromatic heterocycles. The van der Waals surface area contributed by atoms with Gasteiger partial charge in [-0.15, -0.1) is 0 Å². The molecule has 0 unspecified atom stereocenters. The molecule has 0 atom stereocenters. The van der Waals surface area contributed by atoms with Crippen LogP contribution < -0.4 is 5.32 Å². The molecule has 1 amide bonds. The molecule has 0 radical (unpaired) electrons. The van der Waals surface area contributed by atoms with Crippen molar-refractivity contribution < 1.29 is 9.59 Å². The van der Waals surface area contributed by atoms with Crippen LogP contribution in [-0.4, -0.2) is 22.4 Å². The largest absolute Gasteiger partial charge is 0.325 e. The van der Waals surface area contributed by atoms with E-state index in [1.165, 1.54) is 50.3 Å². The number of rotatable bonds is 7. The number of aromatic nitrogens is 1. The summed E-state index contributed by atoms with van der Waals surface area (Å²) in [6, 6.07) is 22.3. The van der Waals surface area contributed by atoms with E-state index in [0.717, 1.165) is 23.4 Å². The van der Waals surface area contributed by atoms with Gasteiger partial charge in [0.05, 0.1) is 17.0 Å². The van der Waals surface area contributed by atoms with Crippen molar-refractivity contribution in [3.05, 3.63) is 89.1 Å². The van der Waals surface area contributed by atoms with Gasteiger partial charge in [0.1, 0.15) is 11.1 Å². The fourth-order valence-corrected chi connectivity index (χ4v) is 7.98. The first-order valence-corrected chi connectivity index (χ1v) is 14.0. The van der Waals surface area contributed by atoms with E-state index in [0.29, 0.717) is 27.4 Å². The summed E-state index contributed by atoms with van der Waals surface area (Å²) in [7, 11) is 0. The monoisotopic (exact) mass is 507 g/mol. The Hall–Kier alpha value is -3.43. The van der Waals surface area contributed by atoms with Crippen molar-refractivity contribution >= 4 is 29.1 Å². The number of anilines is 1. The van der Waals surface area contributed by atoms with Gasteiger partial charge in [0, 0.05) is 22.2 Å². The topological polar surface area (TPSA) is 82.8 Å². The van der Waals surface area contributed by atoms with Crippen LogP contribution in [-0.2, 0) is 10.2 Å². The van der Waals surface area contributed by atoms with Gasteiger partial charge in [0.15, 0.2) is 5.78 Å². The third-order valence-corrected chi connectivity index (χ3v) is 9.38. The van der Waals surface area contributed by atoms with Crippen LogP contribution in [0.3, 0.4) is 0 Å². The molecule has 4 bridgehead atoms. The third kappa shape index (κ3) is 4.69. The summed E-state index contributed by atoms with van der Waals surface area (Å²) in [5.74, 6) is 2.17. The first-order valence-electron chi connectivity index (χ1n) is 13.1. The lowest BCUT2D eigenvalue weighted by Gasteiger charge is -2.56. The highest BCUT2D eigenvalue weighted by molar-refractivity contribution is 8.00. The fourth-order valence-electron chi connectivity index (χ4n) is 7.21. The van der Waals surface area contributed by atoms with E-state index in [2.05, 4.69) is 17.5 Å². The van der Waals surface area contributed by atoms with Gasteiger partial charge >= 0.3 is 0 Å². The minimum atomic E-state index is -0.232. The van der Waals surface area contributed by atoms with Gasteiger partial charge in [-0.25, -0.2) is 4.98 Å². The van der Waals surface area contributed by atoms with Crippen LogP contribution in [0, 0.1) is 29.1 Å². The van der Waals surface area contributed by atoms with Crippen molar-refractivity contribution in [1.29, 1.82) is 5.26 Å². The molecule has 2 aromatic carbocycles. The predicted octanol–water partition coefficient (Wildman–Crippen LogP) is 6.38. The fraction of sp³-hybridized carbons (Fsp3) is 0.355. The highest BCUT2D eigenvalue weighted by Gasteiger charge is 2.52. The summed E-state index contributed by atoms with van der Waals surface area (Å²) in [4.78, 5) is 31.0. The lowest BCUT2D eigenvalue weighted by Crippen LogP contribution is -2.49. The molecule has 0 aliphatic heterocycles. The minimum Gasteiger partial charge on any atom is -0.325 e. The quantitative estimate of drug-likeness (QED) is 0.296. The second-order valence-corrected chi connectivity index (χ2v) is 11.9. The number of hydrogen-bond donors (Lipinski definition) is 1. The Bertz CT molecular complexity index is 1360. The Morgan fingerprint density at radius 2 is 1.57 bits per heavy atom. The Morgan fingerprint density at radius 1 is 0.919 bits per heavy atom. The zero-order valence-corrected chi connectivity index (χ0v) is 21.5. The van der Waals surface area contributed by atoms with Crippen LogP contribution in [0.4, 0.5) is 5.69 Å². The highest BCUT2D eigenvalue weighted by atomic mass is 32.2. The normalized spacial score (nSPS) is 25.4. The molecule has 37 heavy (non-hydrogen) atoms. The number of pyridine rings is 1. The molecule has 0 spiro atoms. The molecule has 5 nitrogen and oxygen atoms in total. The average Bonchev–Trinajstić information content (AvgIpc) is 2.91. The molecule has 1 N–H and O–H groups in total. The van der Waals surface area contributed by atoms with Gasteiger partial charge in [-0.2, -0.15) is 5.26 Å². The lowest BCUT2D eigenvalue weighted by molar-refractivity contribution is -0.113. The van der Waals surface area contributed by atoms with E-state index < -0.39 is 0 Å². The molecular formula is C31H29N3O2S. The number of benzene rings is 2. The van der Waals surface area contributed by atoms with Gasteiger partial charge < -0.3 is 5.32 Å². The van der Waals surface area contributed by atoms with Crippen LogP contribution in [0.2, 0.25) is 0 Å². The average molecular weight is 508 g/mol. The minimum absolute atomic E-state index is 0.111. The number of hydrogen-bond acceptors (Lipinski definition) is 5. The van der Waals surface area contributed by atoms with E-state index in [1.807, 2.05) is 24.3 Å². The van der Waals surface area contributed by atoms with Crippen LogP contribution >= 0.6 is 11.8 Å². The van der Waals surface area contributed by atoms with Gasteiger partial charge in [-0.05, 0) is 80.5 Å². The molecule has 6 heteroatoms. The third-order valence-electron chi connectivity index (χ3n) is 8.38.